The van der Waals surface area contributed by atoms with Crippen LogP contribution in [0.25, 0.3) is 0 Å². The van der Waals surface area contributed by atoms with Gasteiger partial charge >= 0.3 is 0 Å². The number of benzene rings is 2. The van der Waals surface area contributed by atoms with Crippen LogP contribution < -0.4 is 19.5 Å². The summed E-state index contributed by atoms with van der Waals surface area (Å²) in [6, 6.07) is 11.9. The lowest BCUT2D eigenvalue weighted by Crippen LogP contribution is -2.45. The Kier molecular flexibility index (Phi) is 5.62. The van der Waals surface area contributed by atoms with Gasteiger partial charge in [0.05, 0.1) is 0 Å². The molecule has 0 atom stereocenters. The molecule has 2 aliphatic heterocycles. The first-order valence-electron chi connectivity index (χ1n) is 10.0. The van der Waals surface area contributed by atoms with Crippen molar-refractivity contribution in [1.82, 2.24) is 5.32 Å². The smallest absolute Gasteiger partial charge is 0.257 e. The van der Waals surface area contributed by atoms with Crippen LogP contribution in [0.4, 0.5) is 0 Å². The molecule has 2 aromatic carbocycles. The van der Waals surface area contributed by atoms with Crippen LogP contribution in [0.5, 0.6) is 17.2 Å². The number of carbonyl (C=O) groups excluding carboxylic acids is 1. The summed E-state index contributed by atoms with van der Waals surface area (Å²) in [6.45, 7) is 6.20. The first kappa shape index (κ1) is 19.6. The fourth-order valence-corrected chi connectivity index (χ4v) is 3.83. The average Bonchev–Trinajstić information content (AvgIpc) is 3.22. The van der Waals surface area contributed by atoms with Crippen molar-refractivity contribution in [3.63, 3.8) is 0 Å². The van der Waals surface area contributed by atoms with Crippen molar-refractivity contribution in [3.05, 3.63) is 53.1 Å². The molecule has 6 nitrogen and oxygen atoms in total. The maximum absolute atomic E-state index is 12.5. The van der Waals surface area contributed by atoms with Crippen LogP contribution in [0.15, 0.2) is 36.4 Å². The standard InChI is InChI=1S/C23H27NO5/c1-16-3-5-19(11-17(16)2)27-13-22(25)24-14-23(7-9-26-10-8-23)18-4-6-20-21(12-18)29-15-28-20/h3-6,11-12H,7-10,13-15H2,1-2H3,(H,24,25). The van der Waals surface area contributed by atoms with E-state index in [1.165, 1.54) is 5.56 Å². The van der Waals surface area contributed by atoms with Crippen LogP contribution in [-0.4, -0.2) is 39.1 Å². The lowest BCUT2D eigenvalue weighted by molar-refractivity contribution is -0.123. The normalized spacial score (nSPS) is 17.0. The maximum Gasteiger partial charge on any atom is 0.257 e. The van der Waals surface area contributed by atoms with Crippen LogP contribution in [0.1, 0.15) is 29.5 Å². The third kappa shape index (κ3) is 4.32. The molecule has 6 heteroatoms. The van der Waals surface area contributed by atoms with Crippen molar-refractivity contribution in [2.24, 2.45) is 0 Å². The quantitative estimate of drug-likeness (QED) is 0.810. The Labute approximate surface area is 171 Å². The predicted molar refractivity (Wildman–Crippen MR) is 109 cm³/mol. The molecule has 0 aromatic heterocycles. The average molecular weight is 397 g/mol. The molecular weight excluding hydrogens is 370 g/mol. The summed E-state index contributed by atoms with van der Waals surface area (Å²) >= 11 is 0. The Morgan fingerprint density at radius 2 is 1.83 bits per heavy atom. The summed E-state index contributed by atoms with van der Waals surface area (Å²) < 4.78 is 22.2. The molecule has 1 amide bonds. The van der Waals surface area contributed by atoms with Gasteiger partial charge in [0.2, 0.25) is 6.79 Å². The number of fused-ring (bicyclic) bond motifs is 1. The molecule has 2 aromatic rings. The van der Waals surface area contributed by atoms with E-state index < -0.39 is 0 Å². The van der Waals surface area contributed by atoms with Crippen molar-refractivity contribution >= 4 is 5.91 Å². The molecule has 0 radical (unpaired) electrons. The first-order valence-corrected chi connectivity index (χ1v) is 10.0. The molecule has 0 spiro atoms. The largest absolute Gasteiger partial charge is 0.484 e. The van der Waals surface area contributed by atoms with Gasteiger partial charge in [-0.05, 0) is 67.6 Å². The Bertz CT molecular complexity index is 889. The van der Waals surface area contributed by atoms with Gasteiger partial charge in [-0.25, -0.2) is 0 Å². The fraction of sp³-hybridized carbons (Fsp3) is 0.435. The van der Waals surface area contributed by atoms with E-state index in [-0.39, 0.29) is 24.7 Å². The zero-order chi connectivity index (χ0) is 20.3. The van der Waals surface area contributed by atoms with Gasteiger partial charge in [-0.1, -0.05) is 12.1 Å². The van der Waals surface area contributed by atoms with Gasteiger partial charge in [0.1, 0.15) is 5.75 Å². The molecule has 0 aliphatic carbocycles. The summed E-state index contributed by atoms with van der Waals surface area (Å²) in [7, 11) is 0. The van der Waals surface area contributed by atoms with Gasteiger partial charge < -0.3 is 24.3 Å². The van der Waals surface area contributed by atoms with E-state index in [1.807, 2.05) is 37.3 Å². The maximum atomic E-state index is 12.5. The SMILES string of the molecule is Cc1ccc(OCC(=O)NCC2(c3ccc4c(c3)OCO4)CCOCC2)cc1C. The highest BCUT2D eigenvalue weighted by Gasteiger charge is 2.36. The van der Waals surface area contributed by atoms with Crippen molar-refractivity contribution < 1.29 is 23.7 Å². The van der Waals surface area contributed by atoms with Crippen LogP contribution in [0.2, 0.25) is 0 Å². The van der Waals surface area contributed by atoms with E-state index in [4.69, 9.17) is 18.9 Å². The first-order chi connectivity index (χ1) is 14.1. The lowest BCUT2D eigenvalue weighted by atomic mass is 9.74. The number of aryl methyl sites for hydroxylation is 2. The highest BCUT2D eigenvalue weighted by atomic mass is 16.7. The molecule has 0 unspecified atom stereocenters. The Balaban J connectivity index is 1.40. The van der Waals surface area contributed by atoms with Gasteiger partial charge in [0.15, 0.2) is 18.1 Å². The summed E-state index contributed by atoms with van der Waals surface area (Å²) in [5.74, 6) is 2.11. The molecule has 1 N–H and O–H groups in total. The highest BCUT2D eigenvalue weighted by molar-refractivity contribution is 5.77. The molecule has 154 valence electrons. The fourth-order valence-electron chi connectivity index (χ4n) is 3.83. The second kappa shape index (κ2) is 8.33. The third-order valence-electron chi connectivity index (χ3n) is 5.91. The van der Waals surface area contributed by atoms with Crippen molar-refractivity contribution in [2.75, 3.05) is 33.2 Å². The molecule has 4 rings (SSSR count). The number of rotatable bonds is 6. The second-order valence-electron chi connectivity index (χ2n) is 7.77. The molecule has 29 heavy (non-hydrogen) atoms. The number of amides is 1. The van der Waals surface area contributed by atoms with Gasteiger partial charge in [-0.2, -0.15) is 0 Å². The lowest BCUT2D eigenvalue weighted by Gasteiger charge is -2.38. The zero-order valence-electron chi connectivity index (χ0n) is 17.0. The van der Waals surface area contributed by atoms with Crippen LogP contribution in [-0.2, 0) is 14.9 Å². The van der Waals surface area contributed by atoms with E-state index in [2.05, 4.69) is 18.3 Å². The van der Waals surface area contributed by atoms with Crippen molar-refractivity contribution in [2.45, 2.75) is 32.1 Å². The number of nitrogens with one attached hydrogen (secondary N) is 1. The Morgan fingerprint density at radius 3 is 2.62 bits per heavy atom. The molecular formula is C23H27NO5. The number of hydrogen-bond donors (Lipinski definition) is 1. The second-order valence-corrected chi connectivity index (χ2v) is 7.77. The van der Waals surface area contributed by atoms with E-state index in [0.29, 0.717) is 25.5 Å². The molecule has 2 aliphatic rings. The van der Waals surface area contributed by atoms with Crippen LogP contribution in [0, 0.1) is 13.8 Å². The number of carbonyl (C=O) groups is 1. The summed E-state index contributed by atoms with van der Waals surface area (Å²) in [5, 5.41) is 3.06. The van der Waals surface area contributed by atoms with Gasteiger partial charge in [-0.3, -0.25) is 4.79 Å². The minimum Gasteiger partial charge on any atom is -0.484 e. The highest BCUT2D eigenvalue weighted by Crippen LogP contribution is 2.40. The van der Waals surface area contributed by atoms with E-state index in [1.54, 1.807) is 0 Å². The minimum atomic E-state index is -0.185. The minimum absolute atomic E-state index is 0.00375. The van der Waals surface area contributed by atoms with Crippen molar-refractivity contribution in [1.29, 1.82) is 0 Å². The Hall–Kier alpha value is -2.73. The summed E-state index contributed by atoms with van der Waals surface area (Å²) in [4.78, 5) is 12.5. The van der Waals surface area contributed by atoms with Gasteiger partial charge in [-0.15, -0.1) is 0 Å². The third-order valence-corrected chi connectivity index (χ3v) is 5.91. The van der Waals surface area contributed by atoms with E-state index in [0.717, 1.165) is 35.5 Å². The molecule has 0 bridgehead atoms. The van der Waals surface area contributed by atoms with Crippen molar-refractivity contribution in [3.8, 4) is 17.2 Å². The van der Waals surface area contributed by atoms with E-state index >= 15 is 0 Å². The molecule has 1 fully saturated rings. The topological polar surface area (TPSA) is 66.0 Å². The predicted octanol–water partition coefficient (Wildman–Crippen LogP) is 3.28. The van der Waals surface area contributed by atoms with Crippen LogP contribution >= 0.6 is 0 Å². The number of ether oxygens (including phenoxy) is 4. The van der Waals surface area contributed by atoms with Gasteiger partial charge in [0, 0.05) is 25.2 Å². The van der Waals surface area contributed by atoms with E-state index in [9.17, 15) is 4.79 Å². The van der Waals surface area contributed by atoms with Crippen LogP contribution in [0.3, 0.4) is 0 Å². The molecule has 2 heterocycles. The molecule has 1 saturated heterocycles. The zero-order valence-corrected chi connectivity index (χ0v) is 17.0. The molecule has 0 saturated carbocycles. The Morgan fingerprint density at radius 1 is 1.03 bits per heavy atom. The monoisotopic (exact) mass is 397 g/mol. The summed E-state index contributed by atoms with van der Waals surface area (Å²) in [6.07, 6.45) is 1.68. The number of hydrogen-bond acceptors (Lipinski definition) is 5. The summed E-state index contributed by atoms with van der Waals surface area (Å²) in [5.41, 5.74) is 3.30. The van der Waals surface area contributed by atoms with Gasteiger partial charge in [0.25, 0.3) is 5.91 Å².